The van der Waals surface area contributed by atoms with Crippen molar-refractivity contribution < 1.29 is 26.4 Å². The zero-order valence-corrected chi connectivity index (χ0v) is 21.9. The van der Waals surface area contributed by atoms with E-state index in [-0.39, 0.29) is 37.0 Å². The summed E-state index contributed by atoms with van der Waals surface area (Å²) in [5.74, 6) is 0.410. The van der Waals surface area contributed by atoms with Gasteiger partial charge in [0.1, 0.15) is 0 Å². The molecular weight excluding hydrogens is 511 g/mol. The summed E-state index contributed by atoms with van der Waals surface area (Å²) >= 11 is 1.40. The predicted molar refractivity (Wildman–Crippen MR) is 135 cm³/mol. The van der Waals surface area contributed by atoms with Crippen LogP contribution in [0.2, 0.25) is 0 Å². The Kier molecular flexibility index (Phi) is 7.92. The number of rotatable bonds is 5. The Labute approximate surface area is 214 Å². The van der Waals surface area contributed by atoms with Crippen LogP contribution >= 0.6 is 11.8 Å². The average molecular weight is 542 g/mol. The zero-order valence-electron chi connectivity index (χ0n) is 20.3. The van der Waals surface area contributed by atoms with E-state index in [4.69, 9.17) is 0 Å². The van der Waals surface area contributed by atoms with Crippen molar-refractivity contribution in [2.24, 2.45) is 5.92 Å². The highest BCUT2D eigenvalue weighted by atomic mass is 32.2. The van der Waals surface area contributed by atoms with E-state index in [1.54, 1.807) is 21.9 Å². The van der Waals surface area contributed by atoms with Crippen molar-refractivity contribution in [3.63, 3.8) is 0 Å². The molecule has 4 rings (SSSR count). The molecule has 0 aromatic heterocycles. The number of hydrogen-bond acceptors (Lipinski definition) is 5. The zero-order chi connectivity index (χ0) is 26.1. The Morgan fingerprint density at radius 1 is 0.972 bits per heavy atom. The maximum atomic E-state index is 13.4. The predicted octanol–water partition coefficient (Wildman–Crippen LogP) is 4.81. The molecule has 0 bridgehead atoms. The topological polar surface area (TPSA) is 60.9 Å². The van der Waals surface area contributed by atoms with Gasteiger partial charge >= 0.3 is 6.18 Å². The van der Waals surface area contributed by atoms with Gasteiger partial charge in [-0.25, -0.2) is 8.42 Å². The van der Waals surface area contributed by atoms with E-state index in [0.29, 0.717) is 30.3 Å². The monoisotopic (exact) mass is 541 g/mol. The molecule has 0 unspecified atom stereocenters. The minimum atomic E-state index is -4.44. The Bertz CT molecular complexity index is 1200. The van der Waals surface area contributed by atoms with Crippen molar-refractivity contribution in [2.75, 3.05) is 50.4 Å². The number of alkyl halides is 3. The molecule has 2 fully saturated rings. The number of hydrogen-bond donors (Lipinski definition) is 0. The number of anilines is 1. The van der Waals surface area contributed by atoms with Crippen molar-refractivity contribution >= 4 is 33.4 Å². The maximum absolute atomic E-state index is 13.4. The molecule has 0 radical (unpaired) electrons. The SMILES string of the molecule is CSc1ccc(S(=O)(=O)N2CCN(c3cccc(C(F)(F)F)c3)CC2)cc1C(=O)N1CCC(C)CC1. The summed E-state index contributed by atoms with van der Waals surface area (Å²) in [6.45, 7) is 4.27. The van der Waals surface area contributed by atoms with Gasteiger partial charge in [-0.3, -0.25) is 4.79 Å². The van der Waals surface area contributed by atoms with Gasteiger partial charge in [0, 0.05) is 49.9 Å². The van der Waals surface area contributed by atoms with E-state index >= 15 is 0 Å². The van der Waals surface area contributed by atoms with Crippen molar-refractivity contribution in [2.45, 2.75) is 35.7 Å². The number of likely N-dealkylation sites (tertiary alicyclic amines) is 1. The quantitative estimate of drug-likeness (QED) is 0.509. The number of benzene rings is 2. The Morgan fingerprint density at radius 2 is 1.64 bits per heavy atom. The van der Waals surface area contributed by atoms with Crippen LogP contribution in [-0.4, -0.2) is 69.1 Å². The molecule has 2 aromatic rings. The standard InChI is InChI=1S/C25H30F3N3O3S2/c1-18-8-10-30(11-9-18)24(32)22-17-21(6-7-23(22)35-2)36(33,34)31-14-12-29(13-15-31)20-5-3-4-19(16-20)25(26,27)28/h3-7,16-18H,8-15H2,1-2H3. The van der Waals surface area contributed by atoms with E-state index in [1.165, 1.54) is 34.3 Å². The first-order chi connectivity index (χ1) is 17.0. The van der Waals surface area contributed by atoms with Crippen LogP contribution in [0, 0.1) is 5.92 Å². The molecule has 2 aliphatic heterocycles. The number of carbonyl (C=O) groups is 1. The van der Waals surface area contributed by atoms with Crippen LogP contribution in [-0.2, 0) is 16.2 Å². The average Bonchev–Trinajstić information content (AvgIpc) is 2.88. The third-order valence-electron chi connectivity index (χ3n) is 6.89. The minimum absolute atomic E-state index is 0.0570. The van der Waals surface area contributed by atoms with Crippen LogP contribution in [0.4, 0.5) is 18.9 Å². The van der Waals surface area contributed by atoms with E-state index < -0.39 is 21.8 Å². The molecule has 1 amide bonds. The molecule has 0 N–H and O–H groups in total. The van der Waals surface area contributed by atoms with Crippen molar-refractivity contribution in [3.05, 3.63) is 53.6 Å². The summed E-state index contributed by atoms with van der Waals surface area (Å²) in [6, 6.07) is 9.73. The number of nitrogens with zero attached hydrogens (tertiary/aromatic N) is 3. The van der Waals surface area contributed by atoms with E-state index in [9.17, 15) is 26.4 Å². The van der Waals surface area contributed by atoms with Crippen LogP contribution in [0.1, 0.15) is 35.7 Å². The second-order valence-electron chi connectivity index (χ2n) is 9.28. The van der Waals surface area contributed by atoms with E-state index in [1.807, 2.05) is 6.26 Å². The Balaban J connectivity index is 1.50. The lowest BCUT2D eigenvalue weighted by atomic mass is 9.98. The molecule has 2 aromatic carbocycles. The van der Waals surface area contributed by atoms with Gasteiger partial charge in [0.25, 0.3) is 5.91 Å². The fourth-order valence-corrected chi connectivity index (χ4v) is 6.63. The lowest BCUT2D eigenvalue weighted by Crippen LogP contribution is -2.48. The van der Waals surface area contributed by atoms with Crippen molar-refractivity contribution in [3.8, 4) is 0 Å². The van der Waals surface area contributed by atoms with Gasteiger partial charge < -0.3 is 9.80 Å². The molecular formula is C25H30F3N3O3S2. The van der Waals surface area contributed by atoms with Crippen LogP contribution < -0.4 is 4.90 Å². The fraction of sp³-hybridized carbons (Fsp3) is 0.480. The molecule has 0 atom stereocenters. The lowest BCUT2D eigenvalue weighted by molar-refractivity contribution is -0.137. The lowest BCUT2D eigenvalue weighted by Gasteiger charge is -2.35. The Hall–Kier alpha value is -2.24. The summed E-state index contributed by atoms with van der Waals surface area (Å²) in [4.78, 5) is 17.6. The highest BCUT2D eigenvalue weighted by Gasteiger charge is 2.33. The van der Waals surface area contributed by atoms with Gasteiger partial charge in [-0.15, -0.1) is 11.8 Å². The third kappa shape index (κ3) is 5.68. The third-order valence-corrected chi connectivity index (χ3v) is 9.58. The van der Waals surface area contributed by atoms with Gasteiger partial charge in [0.2, 0.25) is 10.0 Å². The first kappa shape index (κ1) is 26.8. The summed E-state index contributed by atoms with van der Waals surface area (Å²) in [5.41, 5.74) is 0.0694. The number of carbonyl (C=O) groups excluding carboxylic acids is 1. The smallest absolute Gasteiger partial charge is 0.369 e. The van der Waals surface area contributed by atoms with Gasteiger partial charge in [0.05, 0.1) is 16.0 Å². The Morgan fingerprint density at radius 3 is 2.25 bits per heavy atom. The number of amides is 1. The molecule has 36 heavy (non-hydrogen) atoms. The molecule has 0 spiro atoms. The number of piperidine rings is 1. The van der Waals surface area contributed by atoms with Gasteiger partial charge in [0.15, 0.2) is 0 Å². The van der Waals surface area contributed by atoms with Crippen LogP contribution in [0.5, 0.6) is 0 Å². The molecule has 11 heteroatoms. The number of sulfonamides is 1. The number of piperazine rings is 1. The van der Waals surface area contributed by atoms with Crippen LogP contribution in [0.3, 0.4) is 0 Å². The van der Waals surface area contributed by atoms with Crippen LogP contribution in [0.15, 0.2) is 52.3 Å². The van der Waals surface area contributed by atoms with Gasteiger partial charge in [-0.2, -0.15) is 17.5 Å². The van der Waals surface area contributed by atoms with Gasteiger partial charge in [-0.1, -0.05) is 13.0 Å². The molecule has 2 aliphatic rings. The normalized spacial score (nSPS) is 18.5. The second-order valence-corrected chi connectivity index (χ2v) is 12.1. The van der Waals surface area contributed by atoms with Crippen molar-refractivity contribution in [1.82, 2.24) is 9.21 Å². The van der Waals surface area contributed by atoms with Crippen LogP contribution in [0.25, 0.3) is 0 Å². The summed E-state index contributed by atoms with van der Waals surface area (Å²) in [5, 5.41) is 0. The molecule has 196 valence electrons. The number of thioether (sulfide) groups is 1. The molecule has 6 nitrogen and oxygen atoms in total. The molecule has 0 saturated carbocycles. The minimum Gasteiger partial charge on any atom is -0.369 e. The number of halogens is 3. The second kappa shape index (κ2) is 10.6. The summed E-state index contributed by atoms with van der Waals surface area (Å²) < 4.78 is 67.5. The van der Waals surface area contributed by atoms with Gasteiger partial charge in [-0.05, 0) is 61.4 Å². The highest BCUT2D eigenvalue weighted by molar-refractivity contribution is 7.98. The highest BCUT2D eigenvalue weighted by Crippen LogP contribution is 2.33. The summed E-state index contributed by atoms with van der Waals surface area (Å²) in [7, 11) is -3.87. The largest absolute Gasteiger partial charge is 0.416 e. The molecule has 0 aliphatic carbocycles. The van der Waals surface area contributed by atoms with E-state index in [0.717, 1.165) is 29.9 Å². The van der Waals surface area contributed by atoms with E-state index in [2.05, 4.69) is 6.92 Å². The fourth-order valence-electron chi connectivity index (χ4n) is 4.61. The summed E-state index contributed by atoms with van der Waals surface area (Å²) in [6.07, 6.45) is -0.736. The molecule has 2 heterocycles. The van der Waals surface area contributed by atoms with Crippen molar-refractivity contribution in [1.29, 1.82) is 0 Å². The maximum Gasteiger partial charge on any atom is 0.416 e. The molecule has 2 saturated heterocycles. The first-order valence-electron chi connectivity index (χ1n) is 11.9. The first-order valence-corrected chi connectivity index (χ1v) is 14.6.